The lowest BCUT2D eigenvalue weighted by Gasteiger charge is -2.37. The first-order valence-corrected chi connectivity index (χ1v) is 8.85. The molecule has 0 amide bonds. The number of rotatable bonds is 3. The molecule has 0 spiro atoms. The summed E-state index contributed by atoms with van der Waals surface area (Å²) in [7, 11) is 0. The zero-order valence-electron chi connectivity index (χ0n) is 13.4. The third-order valence-electron chi connectivity index (χ3n) is 5.85. The Labute approximate surface area is 133 Å². The lowest BCUT2D eigenvalue weighted by atomic mass is 9.73. The molecule has 120 valence electrons. The highest BCUT2D eigenvalue weighted by Gasteiger charge is 2.40. The molecular formula is C18H27N3O. The van der Waals surface area contributed by atoms with Crippen molar-refractivity contribution >= 4 is 5.69 Å². The maximum Gasteiger partial charge on any atom is 0.0594 e. The Morgan fingerprint density at radius 3 is 2.91 bits per heavy atom. The summed E-state index contributed by atoms with van der Waals surface area (Å²) in [6.45, 7) is 7.83. The molecule has 0 unspecified atom stereocenters. The number of anilines is 1. The van der Waals surface area contributed by atoms with Crippen LogP contribution in [0, 0.1) is 17.8 Å². The van der Waals surface area contributed by atoms with Gasteiger partial charge in [0.1, 0.15) is 0 Å². The van der Waals surface area contributed by atoms with Gasteiger partial charge in [0.25, 0.3) is 0 Å². The van der Waals surface area contributed by atoms with Crippen molar-refractivity contribution in [1.29, 1.82) is 0 Å². The highest BCUT2D eigenvalue weighted by molar-refractivity contribution is 5.45. The Morgan fingerprint density at radius 1 is 1.18 bits per heavy atom. The second kappa shape index (κ2) is 6.55. The summed E-state index contributed by atoms with van der Waals surface area (Å²) >= 11 is 0. The minimum Gasteiger partial charge on any atom is -0.379 e. The number of fused-ring (bicyclic) bond motifs is 1. The molecule has 4 nitrogen and oxygen atoms in total. The average Bonchev–Trinajstić information content (AvgIpc) is 3.02. The Morgan fingerprint density at radius 2 is 2.09 bits per heavy atom. The second-order valence-corrected chi connectivity index (χ2v) is 7.14. The van der Waals surface area contributed by atoms with Crippen LogP contribution in [0.4, 0.5) is 5.69 Å². The zero-order valence-corrected chi connectivity index (χ0v) is 13.4. The van der Waals surface area contributed by atoms with E-state index in [1.807, 2.05) is 12.4 Å². The monoisotopic (exact) mass is 301 g/mol. The van der Waals surface area contributed by atoms with E-state index in [4.69, 9.17) is 4.74 Å². The standard InChI is InChI=1S/C18H27N3O/c1-3-15(12-20-7-9-22-10-8-20)18-14-21(13-16(18)4-1)17-5-2-6-19-11-17/h2,5-6,11,15-16,18H,1,3-4,7-10,12-14H2/t15-,16+,18+/m0/s1. The number of pyridine rings is 1. The van der Waals surface area contributed by atoms with Gasteiger partial charge in [0.05, 0.1) is 25.1 Å². The van der Waals surface area contributed by atoms with Crippen molar-refractivity contribution in [1.82, 2.24) is 9.88 Å². The highest BCUT2D eigenvalue weighted by Crippen LogP contribution is 2.41. The molecule has 1 aromatic rings. The minimum atomic E-state index is 0.872. The SMILES string of the molecule is c1cncc(N2C[C@H]3CCC[C@@H](CN4CCOCC4)[C@H]3C2)c1. The molecule has 2 saturated heterocycles. The quantitative estimate of drug-likeness (QED) is 0.856. The topological polar surface area (TPSA) is 28.6 Å². The molecule has 4 rings (SSSR count). The normalized spacial score (nSPS) is 32.9. The fraction of sp³-hybridized carbons (Fsp3) is 0.722. The summed E-state index contributed by atoms with van der Waals surface area (Å²) in [5, 5.41) is 0. The molecule has 0 N–H and O–H groups in total. The Bertz CT molecular complexity index is 474. The maximum absolute atomic E-state index is 5.49. The van der Waals surface area contributed by atoms with E-state index in [1.54, 1.807) is 0 Å². The largest absolute Gasteiger partial charge is 0.379 e. The molecule has 1 saturated carbocycles. The molecular weight excluding hydrogens is 274 g/mol. The van der Waals surface area contributed by atoms with Crippen molar-refractivity contribution in [3.8, 4) is 0 Å². The van der Waals surface area contributed by atoms with Crippen LogP contribution >= 0.6 is 0 Å². The highest BCUT2D eigenvalue weighted by atomic mass is 16.5. The van der Waals surface area contributed by atoms with Crippen LogP contribution < -0.4 is 4.90 Å². The van der Waals surface area contributed by atoms with Crippen LogP contribution in [0.1, 0.15) is 19.3 Å². The number of aromatic nitrogens is 1. The molecule has 22 heavy (non-hydrogen) atoms. The predicted molar refractivity (Wildman–Crippen MR) is 88.0 cm³/mol. The molecule has 0 bridgehead atoms. The van der Waals surface area contributed by atoms with Crippen LogP contribution in [0.5, 0.6) is 0 Å². The number of morpholine rings is 1. The Balaban J connectivity index is 1.42. The summed E-state index contributed by atoms with van der Waals surface area (Å²) in [5.41, 5.74) is 1.31. The van der Waals surface area contributed by atoms with Gasteiger partial charge in [-0.1, -0.05) is 6.42 Å². The van der Waals surface area contributed by atoms with E-state index in [2.05, 4.69) is 26.9 Å². The van der Waals surface area contributed by atoms with Gasteiger partial charge in [0.2, 0.25) is 0 Å². The molecule has 0 aromatic carbocycles. The first-order chi connectivity index (χ1) is 10.9. The van der Waals surface area contributed by atoms with Gasteiger partial charge in [0, 0.05) is 38.9 Å². The van der Waals surface area contributed by atoms with Gasteiger partial charge in [-0.25, -0.2) is 0 Å². The van der Waals surface area contributed by atoms with Gasteiger partial charge >= 0.3 is 0 Å². The van der Waals surface area contributed by atoms with E-state index in [-0.39, 0.29) is 0 Å². The number of hydrogen-bond acceptors (Lipinski definition) is 4. The van der Waals surface area contributed by atoms with Crippen LogP contribution in [0.3, 0.4) is 0 Å². The van der Waals surface area contributed by atoms with E-state index < -0.39 is 0 Å². The maximum atomic E-state index is 5.49. The van der Waals surface area contributed by atoms with Crippen molar-refractivity contribution in [2.75, 3.05) is 50.8 Å². The van der Waals surface area contributed by atoms with Crippen LogP contribution in [-0.2, 0) is 4.74 Å². The van der Waals surface area contributed by atoms with Crippen molar-refractivity contribution in [3.05, 3.63) is 24.5 Å². The summed E-state index contributed by atoms with van der Waals surface area (Å²) in [4.78, 5) is 9.49. The van der Waals surface area contributed by atoms with Crippen molar-refractivity contribution in [2.45, 2.75) is 19.3 Å². The lowest BCUT2D eigenvalue weighted by Crippen LogP contribution is -2.43. The molecule has 1 aliphatic carbocycles. The van der Waals surface area contributed by atoms with Crippen molar-refractivity contribution in [2.24, 2.45) is 17.8 Å². The van der Waals surface area contributed by atoms with Crippen LogP contribution in [0.15, 0.2) is 24.5 Å². The molecule has 4 heteroatoms. The minimum absolute atomic E-state index is 0.872. The van der Waals surface area contributed by atoms with Gasteiger partial charge in [0.15, 0.2) is 0 Å². The zero-order chi connectivity index (χ0) is 14.8. The number of ether oxygens (including phenoxy) is 1. The first-order valence-electron chi connectivity index (χ1n) is 8.85. The summed E-state index contributed by atoms with van der Waals surface area (Å²) < 4.78 is 5.49. The fourth-order valence-corrected chi connectivity index (χ4v) is 4.69. The number of nitrogens with zero attached hydrogens (tertiary/aromatic N) is 3. The van der Waals surface area contributed by atoms with Gasteiger partial charge < -0.3 is 9.64 Å². The van der Waals surface area contributed by atoms with Gasteiger partial charge in [-0.3, -0.25) is 9.88 Å². The van der Waals surface area contributed by atoms with Gasteiger partial charge in [-0.15, -0.1) is 0 Å². The fourth-order valence-electron chi connectivity index (χ4n) is 4.69. The van der Waals surface area contributed by atoms with Crippen LogP contribution in [0.25, 0.3) is 0 Å². The molecule has 3 aliphatic rings. The van der Waals surface area contributed by atoms with Crippen molar-refractivity contribution in [3.63, 3.8) is 0 Å². The summed E-state index contributed by atoms with van der Waals surface area (Å²) in [6, 6.07) is 4.27. The summed E-state index contributed by atoms with van der Waals surface area (Å²) in [6.07, 6.45) is 8.14. The third kappa shape index (κ3) is 2.99. The van der Waals surface area contributed by atoms with E-state index in [1.165, 1.54) is 44.6 Å². The van der Waals surface area contributed by atoms with Gasteiger partial charge in [-0.05, 0) is 42.7 Å². The molecule has 2 aliphatic heterocycles. The smallest absolute Gasteiger partial charge is 0.0594 e. The third-order valence-corrected chi connectivity index (χ3v) is 5.85. The van der Waals surface area contributed by atoms with E-state index in [9.17, 15) is 0 Å². The average molecular weight is 301 g/mol. The Kier molecular flexibility index (Phi) is 4.30. The second-order valence-electron chi connectivity index (χ2n) is 7.14. The van der Waals surface area contributed by atoms with Crippen LogP contribution in [0.2, 0.25) is 0 Å². The van der Waals surface area contributed by atoms with E-state index in [0.717, 1.165) is 44.1 Å². The van der Waals surface area contributed by atoms with Crippen LogP contribution in [-0.4, -0.2) is 55.8 Å². The lowest BCUT2D eigenvalue weighted by molar-refractivity contribution is 0.0195. The summed E-state index contributed by atoms with van der Waals surface area (Å²) in [5.74, 6) is 2.63. The molecule has 3 atom stereocenters. The van der Waals surface area contributed by atoms with E-state index in [0.29, 0.717) is 0 Å². The first kappa shape index (κ1) is 14.5. The molecule has 0 radical (unpaired) electrons. The molecule has 3 heterocycles. The van der Waals surface area contributed by atoms with Gasteiger partial charge in [-0.2, -0.15) is 0 Å². The molecule has 1 aromatic heterocycles. The Hall–Kier alpha value is -1.13. The number of hydrogen-bond donors (Lipinski definition) is 0. The molecule has 3 fully saturated rings. The van der Waals surface area contributed by atoms with E-state index >= 15 is 0 Å². The predicted octanol–water partition coefficient (Wildman–Crippen LogP) is 2.27. The van der Waals surface area contributed by atoms with Crippen molar-refractivity contribution < 1.29 is 4.74 Å².